The standard InChI is InChI=1S/C21H23BrN4O4S/c1-26(11-14(28)12-27)8-9-30-24-19-15-4-2-3-5-17(15)23-20(19)21-16-10-13(22)6-7-18(16)25-31(21)29/h2-7,10,14,23-24,27-28H,8-9,11-12H2,1H3. The predicted molar refractivity (Wildman–Crippen MR) is 124 cm³/mol. The van der Waals surface area contributed by atoms with Crippen LogP contribution in [0.1, 0.15) is 5.69 Å². The Morgan fingerprint density at radius 1 is 1.32 bits per heavy atom. The van der Waals surface area contributed by atoms with E-state index in [-0.39, 0.29) is 6.61 Å². The summed E-state index contributed by atoms with van der Waals surface area (Å²) in [7, 11) is 0.299. The molecule has 2 atom stereocenters. The number of aromatic amines is 1. The van der Waals surface area contributed by atoms with Crippen molar-refractivity contribution in [3.05, 3.63) is 63.2 Å². The van der Waals surface area contributed by atoms with Gasteiger partial charge in [-0.1, -0.05) is 34.1 Å². The molecule has 164 valence electrons. The second kappa shape index (κ2) is 9.60. The van der Waals surface area contributed by atoms with Gasteiger partial charge in [0.1, 0.15) is 0 Å². The summed E-state index contributed by atoms with van der Waals surface area (Å²) in [5, 5.41) is 20.9. The zero-order valence-electron chi connectivity index (χ0n) is 16.8. The number of benzene rings is 2. The first-order chi connectivity index (χ1) is 15.0. The average Bonchev–Trinajstić information content (AvgIpc) is 3.27. The van der Waals surface area contributed by atoms with E-state index in [1.165, 1.54) is 0 Å². The van der Waals surface area contributed by atoms with Gasteiger partial charge < -0.3 is 20.1 Å². The van der Waals surface area contributed by atoms with E-state index in [0.717, 1.165) is 20.6 Å². The van der Waals surface area contributed by atoms with Gasteiger partial charge in [-0.25, -0.2) is 4.21 Å². The first-order valence-electron chi connectivity index (χ1n) is 9.74. The van der Waals surface area contributed by atoms with Crippen molar-refractivity contribution in [2.45, 2.75) is 6.10 Å². The third-order valence-corrected chi connectivity index (χ3v) is 6.60. The number of aliphatic hydroxyl groups is 2. The van der Waals surface area contributed by atoms with E-state index in [1.807, 2.05) is 54.4 Å². The van der Waals surface area contributed by atoms with E-state index in [9.17, 15) is 9.32 Å². The van der Waals surface area contributed by atoms with E-state index >= 15 is 0 Å². The fourth-order valence-electron chi connectivity index (χ4n) is 3.47. The highest BCUT2D eigenvalue weighted by molar-refractivity contribution is 9.10. The van der Waals surface area contributed by atoms with Crippen LogP contribution in [0.2, 0.25) is 0 Å². The number of H-pyrrole nitrogens is 1. The number of hydrogen-bond donors (Lipinski definition) is 4. The Hall–Kier alpha value is -2.08. The average molecular weight is 507 g/mol. The van der Waals surface area contributed by atoms with Crippen molar-refractivity contribution < 1.29 is 19.3 Å². The van der Waals surface area contributed by atoms with Gasteiger partial charge in [0.15, 0.2) is 11.0 Å². The van der Waals surface area contributed by atoms with E-state index in [1.54, 1.807) is 0 Å². The van der Waals surface area contributed by atoms with E-state index in [0.29, 0.717) is 41.3 Å². The molecular weight excluding hydrogens is 484 g/mol. The highest BCUT2D eigenvalue weighted by Gasteiger charge is 2.24. The lowest BCUT2D eigenvalue weighted by Crippen LogP contribution is -2.33. The Labute approximate surface area is 189 Å². The summed E-state index contributed by atoms with van der Waals surface area (Å²) in [4.78, 5) is 11.5. The normalized spacial score (nSPS) is 16.5. The maximum Gasteiger partial charge on any atom is 0.176 e. The zero-order valence-corrected chi connectivity index (χ0v) is 19.2. The lowest BCUT2D eigenvalue weighted by molar-refractivity contribution is 0.0583. The summed E-state index contributed by atoms with van der Waals surface area (Å²) >= 11 is 3.48. The number of anilines is 1. The van der Waals surface area contributed by atoms with E-state index in [2.05, 4.69) is 30.8 Å². The van der Waals surface area contributed by atoms with Crippen LogP contribution in [0.25, 0.3) is 15.8 Å². The molecule has 1 aliphatic heterocycles. The number of aliphatic hydroxyl groups excluding tert-OH is 2. The number of rotatable bonds is 9. The minimum Gasteiger partial charge on any atom is -0.394 e. The lowest BCUT2D eigenvalue weighted by atomic mass is 10.2. The van der Waals surface area contributed by atoms with Crippen LogP contribution in [0.15, 0.2) is 51.3 Å². The highest BCUT2D eigenvalue weighted by Crippen LogP contribution is 2.33. The van der Waals surface area contributed by atoms with Gasteiger partial charge in [0.2, 0.25) is 0 Å². The van der Waals surface area contributed by atoms with Gasteiger partial charge in [-0.2, -0.15) is 4.40 Å². The van der Waals surface area contributed by atoms with Crippen molar-refractivity contribution >= 4 is 48.4 Å². The number of hydrogen-bond acceptors (Lipinski definition) is 6. The summed E-state index contributed by atoms with van der Waals surface area (Å²) in [5.74, 6) is 0. The summed E-state index contributed by atoms with van der Waals surface area (Å²) in [6.07, 6.45) is -0.782. The van der Waals surface area contributed by atoms with Crippen LogP contribution in [0.5, 0.6) is 0 Å². The monoisotopic (exact) mass is 506 g/mol. The van der Waals surface area contributed by atoms with Crippen molar-refractivity contribution in [3.63, 3.8) is 0 Å². The Balaban J connectivity index is 1.63. The molecule has 0 fully saturated rings. The van der Waals surface area contributed by atoms with Gasteiger partial charge in [-0.15, -0.1) is 0 Å². The van der Waals surface area contributed by atoms with Gasteiger partial charge >= 0.3 is 0 Å². The van der Waals surface area contributed by atoms with Crippen molar-refractivity contribution in [1.29, 1.82) is 0 Å². The quantitative estimate of drug-likeness (QED) is 0.254. The Morgan fingerprint density at radius 3 is 2.94 bits per heavy atom. The number of nitrogens with zero attached hydrogens (tertiary/aromatic N) is 2. The fraction of sp³-hybridized carbons (Fsp3) is 0.286. The van der Waals surface area contributed by atoms with Crippen LogP contribution >= 0.6 is 15.9 Å². The van der Waals surface area contributed by atoms with Crippen LogP contribution in [-0.4, -0.2) is 63.8 Å². The van der Waals surface area contributed by atoms with Gasteiger partial charge in [0.25, 0.3) is 0 Å². The Kier molecular flexibility index (Phi) is 6.85. The highest BCUT2D eigenvalue weighted by atomic mass is 79.9. The topological polar surface area (TPSA) is 110 Å². The first-order valence-corrected chi connectivity index (χ1v) is 11.6. The number of nitrogens with one attached hydrogen (secondary N) is 2. The van der Waals surface area contributed by atoms with Crippen LogP contribution in [0.3, 0.4) is 0 Å². The number of para-hydroxylation sites is 1. The summed E-state index contributed by atoms with van der Waals surface area (Å²) < 4.78 is 18.0. The molecule has 0 amide bonds. The molecular formula is C21H23BrN4O4S. The molecule has 0 saturated carbocycles. The number of halogens is 1. The minimum atomic E-state index is -1.54. The maximum absolute atomic E-state index is 12.9. The predicted octanol–water partition coefficient (Wildman–Crippen LogP) is 1.01. The molecule has 0 spiro atoms. The molecule has 0 radical (unpaired) electrons. The molecule has 0 bridgehead atoms. The molecule has 1 aromatic heterocycles. The largest absolute Gasteiger partial charge is 0.394 e. The van der Waals surface area contributed by atoms with Crippen molar-refractivity contribution in [2.75, 3.05) is 38.8 Å². The number of fused-ring (bicyclic) bond motifs is 2. The maximum atomic E-state index is 12.9. The molecule has 4 N–H and O–H groups in total. The molecule has 2 heterocycles. The molecule has 8 nitrogen and oxygen atoms in total. The van der Waals surface area contributed by atoms with Crippen LogP contribution in [0.4, 0.5) is 5.69 Å². The summed E-state index contributed by atoms with van der Waals surface area (Å²) in [6, 6.07) is 13.4. The van der Waals surface area contributed by atoms with Gasteiger partial charge in [-0.3, -0.25) is 10.3 Å². The minimum absolute atomic E-state index is 0.277. The van der Waals surface area contributed by atoms with Crippen LogP contribution in [0, 0.1) is 0 Å². The van der Waals surface area contributed by atoms with Crippen molar-refractivity contribution in [1.82, 2.24) is 9.88 Å². The van der Waals surface area contributed by atoms with Crippen LogP contribution < -0.4 is 16.1 Å². The van der Waals surface area contributed by atoms with Gasteiger partial charge in [0, 0.05) is 33.7 Å². The molecule has 0 aliphatic carbocycles. The molecule has 0 saturated heterocycles. The molecule has 3 aromatic rings. The molecule has 31 heavy (non-hydrogen) atoms. The molecule has 2 aromatic carbocycles. The number of likely N-dealkylation sites (N-methyl/N-ethyl adjacent to an activating group) is 1. The third kappa shape index (κ3) is 4.74. The molecule has 1 aliphatic rings. The van der Waals surface area contributed by atoms with Crippen molar-refractivity contribution in [2.24, 2.45) is 4.40 Å². The van der Waals surface area contributed by atoms with Gasteiger partial charge in [-0.05, 0) is 31.3 Å². The third-order valence-electron chi connectivity index (χ3n) is 4.97. The second-order valence-corrected chi connectivity index (χ2v) is 9.31. The van der Waals surface area contributed by atoms with Gasteiger partial charge in [0.05, 0.1) is 41.0 Å². The van der Waals surface area contributed by atoms with Crippen molar-refractivity contribution in [3.8, 4) is 0 Å². The number of aromatic nitrogens is 1. The smallest absolute Gasteiger partial charge is 0.176 e. The molecule has 10 heteroatoms. The van der Waals surface area contributed by atoms with E-state index in [4.69, 9.17) is 9.94 Å². The Bertz CT molecular complexity index is 1250. The fourth-order valence-corrected chi connectivity index (χ4v) is 4.94. The SMILES string of the molecule is CN(CCONc1c(C2=c3cc(Br)ccc3=NS2=O)[nH]c2ccccc12)CC(O)CO. The summed E-state index contributed by atoms with van der Waals surface area (Å²) in [6.45, 7) is 0.969. The lowest BCUT2D eigenvalue weighted by Gasteiger charge is -2.19. The second-order valence-electron chi connectivity index (χ2n) is 7.30. The van der Waals surface area contributed by atoms with Crippen LogP contribution in [-0.2, 0) is 15.8 Å². The van der Waals surface area contributed by atoms with E-state index < -0.39 is 17.1 Å². The summed E-state index contributed by atoms with van der Waals surface area (Å²) in [5.41, 5.74) is 5.28. The molecule has 2 unspecified atom stereocenters. The zero-order chi connectivity index (χ0) is 22.0. The first kappa shape index (κ1) is 22.1. The molecule has 4 rings (SSSR count). The Morgan fingerprint density at radius 2 is 2.13 bits per heavy atom.